The predicted molar refractivity (Wildman–Crippen MR) is 99.4 cm³/mol. The molecule has 0 N–H and O–H groups in total. The van der Waals surface area contributed by atoms with Crippen LogP contribution in [0.4, 0.5) is 0 Å². The molecule has 2 aromatic carbocycles. The van der Waals surface area contributed by atoms with Crippen LogP contribution in [0.15, 0.2) is 71.1 Å². The summed E-state index contributed by atoms with van der Waals surface area (Å²) in [5, 5.41) is 1.26. The van der Waals surface area contributed by atoms with E-state index in [9.17, 15) is 4.79 Å². The van der Waals surface area contributed by atoms with Gasteiger partial charge < -0.3 is 4.74 Å². The monoisotopic (exact) mass is 338 g/mol. The first-order valence-corrected chi connectivity index (χ1v) is 8.72. The quantitative estimate of drug-likeness (QED) is 0.386. The molecular weight excluding hydrogens is 320 g/mol. The highest BCUT2D eigenvalue weighted by Gasteiger charge is 2.12. The number of rotatable bonds is 6. The largest absolute Gasteiger partial charge is 0.494 e. The number of benzene rings is 2. The van der Waals surface area contributed by atoms with Gasteiger partial charge in [-0.1, -0.05) is 30.0 Å². The molecular formula is C19H18N2O2S. The molecule has 3 rings (SSSR count). The standard InChI is InChI=1S/C19H18N2O2S/c1-3-13-24-19-20-17-8-6-5-7-16(17)18(22)21(19)14-9-11-15(12-10-14)23-4-2/h3,5-12H,1,4,13H2,2H3. The molecule has 5 heteroatoms. The number of fused-ring (bicyclic) bond motifs is 1. The Morgan fingerprint density at radius 2 is 1.96 bits per heavy atom. The average Bonchev–Trinajstić information content (AvgIpc) is 2.61. The number of thioether (sulfide) groups is 1. The lowest BCUT2D eigenvalue weighted by Gasteiger charge is -2.13. The van der Waals surface area contributed by atoms with Crippen molar-refractivity contribution in [2.24, 2.45) is 0 Å². The number of hydrogen-bond acceptors (Lipinski definition) is 4. The van der Waals surface area contributed by atoms with E-state index in [-0.39, 0.29) is 5.56 Å². The minimum absolute atomic E-state index is 0.0728. The highest BCUT2D eigenvalue weighted by molar-refractivity contribution is 7.99. The molecule has 1 aromatic heterocycles. The summed E-state index contributed by atoms with van der Waals surface area (Å²) in [5.74, 6) is 1.46. The molecule has 4 nitrogen and oxygen atoms in total. The van der Waals surface area contributed by atoms with Gasteiger partial charge >= 0.3 is 0 Å². The van der Waals surface area contributed by atoms with Crippen molar-refractivity contribution in [2.75, 3.05) is 12.4 Å². The fourth-order valence-corrected chi connectivity index (χ4v) is 3.18. The number of para-hydroxylation sites is 1. The molecule has 0 unspecified atom stereocenters. The zero-order valence-corrected chi connectivity index (χ0v) is 14.3. The molecule has 122 valence electrons. The highest BCUT2D eigenvalue weighted by Crippen LogP contribution is 2.22. The van der Waals surface area contributed by atoms with Crippen molar-refractivity contribution in [3.8, 4) is 11.4 Å². The summed E-state index contributed by atoms with van der Waals surface area (Å²) in [5.41, 5.74) is 1.40. The lowest BCUT2D eigenvalue weighted by Crippen LogP contribution is -2.21. The van der Waals surface area contributed by atoms with Gasteiger partial charge in [0.2, 0.25) is 0 Å². The number of ether oxygens (including phenoxy) is 1. The molecule has 0 aliphatic rings. The zero-order valence-electron chi connectivity index (χ0n) is 13.4. The molecule has 0 amide bonds. The van der Waals surface area contributed by atoms with Crippen molar-refractivity contribution < 1.29 is 4.74 Å². The zero-order chi connectivity index (χ0) is 16.9. The molecule has 0 fully saturated rings. The number of hydrogen-bond donors (Lipinski definition) is 0. The minimum atomic E-state index is -0.0728. The summed E-state index contributed by atoms with van der Waals surface area (Å²) in [6, 6.07) is 14.9. The molecule has 0 spiro atoms. The van der Waals surface area contributed by atoms with Crippen LogP contribution in [0, 0.1) is 0 Å². The second kappa shape index (κ2) is 7.36. The maximum atomic E-state index is 13.0. The summed E-state index contributed by atoms with van der Waals surface area (Å²) >= 11 is 1.49. The van der Waals surface area contributed by atoms with E-state index in [1.165, 1.54) is 11.8 Å². The van der Waals surface area contributed by atoms with Gasteiger partial charge in [-0.3, -0.25) is 9.36 Å². The lowest BCUT2D eigenvalue weighted by atomic mass is 10.2. The van der Waals surface area contributed by atoms with Gasteiger partial charge in [0.05, 0.1) is 23.2 Å². The van der Waals surface area contributed by atoms with Gasteiger partial charge in [0.1, 0.15) is 5.75 Å². The van der Waals surface area contributed by atoms with Crippen LogP contribution in [-0.4, -0.2) is 21.9 Å². The van der Waals surface area contributed by atoms with E-state index in [4.69, 9.17) is 4.74 Å². The molecule has 0 saturated carbocycles. The van der Waals surface area contributed by atoms with Crippen molar-refractivity contribution in [1.82, 2.24) is 9.55 Å². The van der Waals surface area contributed by atoms with Gasteiger partial charge in [-0.05, 0) is 43.3 Å². The number of aromatic nitrogens is 2. The summed E-state index contributed by atoms with van der Waals surface area (Å²) in [6.07, 6.45) is 1.80. The second-order valence-corrected chi connectivity index (χ2v) is 6.07. The lowest BCUT2D eigenvalue weighted by molar-refractivity contribution is 0.340. The molecule has 3 aromatic rings. The first-order valence-electron chi connectivity index (χ1n) is 7.73. The number of nitrogens with zero attached hydrogens (tertiary/aromatic N) is 2. The maximum absolute atomic E-state index is 13.0. The smallest absolute Gasteiger partial charge is 0.266 e. The fraction of sp³-hybridized carbons (Fsp3) is 0.158. The molecule has 0 aliphatic carbocycles. The minimum Gasteiger partial charge on any atom is -0.494 e. The predicted octanol–water partition coefficient (Wildman–Crippen LogP) is 4.06. The summed E-state index contributed by atoms with van der Waals surface area (Å²) in [6.45, 7) is 6.29. The van der Waals surface area contributed by atoms with Crippen LogP contribution in [0.3, 0.4) is 0 Å². The molecule has 0 atom stereocenters. The third-order valence-electron chi connectivity index (χ3n) is 3.48. The van der Waals surface area contributed by atoms with E-state index < -0.39 is 0 Å². The fourth-order valence-electron chi connectivity index (χ4n) is 2.43. The van der Waals surface area contributed by atoms with Crippen LogP contribution in [0.1, 0.15) is 6.92 Å². The Hall–Kier alpha value is -2.53. The van der Waals surface area contributed by atoms with Crippen molar-refractivity contribution >= 4 is 22.7 Å². The van der Waals surface area contributed by atoms with Crippen LogP contribution >= 0.6 is 11.8 Å². The van der Waals surface area contributed by atoms with E-state index in [0.717, 1.165) is 11.4 Å². The van der Waals surface area contributed by atoms with Crippen LogP contribution in [0.25, 0.3) is 16.6 Å². The normalized spacial score (nSPS) is 10.7. The van der Waals surface area contributed by atoms with E-state index in [1.807, 2.05) is 49.4 Å². The van der Waals surface area contributed by atoms with E-state index >= 15 is 0 Å². The van der Waals surface area contributed by atoms with Gasteiger partial charge in [-0.15, -0.1) is 6.58 Å². The summed E-state index contributed by atoms with van der Waals surface area (Å²) in [4.78, 5) is 17.6. The molecule has 0 radical (unpaired) electrons. The summed E-state index contributed by atoms with van der Waals surface area (Å²) in [7, 11) is 0. The molecule has 1 heterocycles. The van der Waals surface area contributed by atoms with E-state index in [0.29, 0.717) is 28.4 Å². The van der Waals surface area contributed by atoms with Crippen LogP contribution in [0.2, 0.25) is 0 Å². The van der Waals surface area contributed by atoms with Gasteiger partial charge in [0.15, 0.2) is 5.16 Å². The SMILES string of the molecule is C=CCSc1nc2ccccc2c(=O)n1-c1ccc(OCC)cc1. The van der Waals surface area contributed by atoms with Crippen molar-refractivity contribution in [3.63, 3.8) is 0 Å². The van der Waals surface area contributed by atoms with Crippen molar-refractivity contribution in [3.05, 3.63) is 71.5 Å². The Morgan fingerprint density at radius 1 is 1.21 bits per heavy atom. The Morgan fingerprint density at radius 3 is 2.67 bits per heavy atom. The molecule has 0 aliphatic heterocycles. The van der Waals surface area contributed by atoms with Crippen LogP contribution in [0.5, 0.6) is 5.75 Å². The van der Waals surface area contributed by atoms with Crippen molar-refractivity contribution in [2.45, 2.75) is 12.1 Å². The Kier molecular flexibility index (Phi) is 5.01. The Labute approximate surface area is 144 Å². The average molecular weight is 338 g/mol. The highest BCUT2D eigenvalue weighted by atomic mass is 32.2. The van der Waals surface area contributed by atoms with Gasteiger partial charge in [-0.25, -0.2) is 4.98 Å². The second-order valence-electron chi connectivity index (χ2n) is 5.08. The van der Waals surface area contributed by atoms with Gasteiger partial charge in [0, 0.05) is 5.75 Å². The molecule has 0 bridgehead atoms. The van der Waals surface area contributed by atoms with Crippen LogP contribution in [-0.2, 0) is 0 Å². The topological polar surface area (TPSA) is 44.1 Å². The maximum Gasteiger partial charge on any atom is 0.266 e. The van der Waals surface area contributed by atoms with Gasteiger partial charge in [0.25, 0.3) is 5.56 Å². The Balaban J connectivity index is 2.18. The Bertz CT molecular complexity index is 917. The van der Waals surface area contributed by atoms with E-state index in [1.54, 1.807) is 16.7 Å². The third kappa shape index (κ3) is 3.21. The first kappa shape index (κ1) is 16.3. The summed E-state index contributed by atoms with van der Waals surface area (Å²) < 4.78 is 7.12. The van der Waals surface area contributed by atoms with Crippen molar-refractivity contribution in [1.29, 1.82) is 0 Å². The molecule has 24 heavy (non-hydrogen) atoms. The van der Waals surface area contributed by atoms with E-state index in [2.05, 4.69) is 11.6 Å². The van der Waals surface area contributed by atoms with Crippen LogP contribution < -0.4 is 10.3 Å². The third-order valence-corrected chi connectivity index (χ3v) is 4.42. The van der Waals surface area contributed by atoms with Gasteiger partial charge in [-0.2, -0.15) is 0 Å². The molecule has 0 saturated heterocycles. The first-order chi connectivity index (χ1) is 11.7.